The van der Waals surface area contributed by atoms with Crippen LogP contribution in [0.5, 0.6) is 0 Å². The molecule has 2 amide bonds. The second kappa shape index (κ2) is 13.6. The van der Waals surface area contributed by atoms with Gasteiger partial charge in [-0.15, -0.1) is 24.0 Å². The number of carbonyl (C=O) groups excluding carboxylic acids is 2. The van der Waals surface area contributed by atoms with Crippen molar-refractivity contribution in [2.24, 2.45) is 10.9 Å². The van der Waals surface area contributed by atoms with Gasteiger partial charge in [-0.3, -0.25) is 14.6 Å². The van der Waals surface area contributed by atoms with Gasteiger partial charge in [0.05, 0.1) is 0 Å². The summed E-state index contributed by atoms with van der Waals surface area (Å²) in [5, 5.41) is 9.53. The van der Waals surface area contributed by atoms with Crippen LogP contribution in [0.25, 0.3) is 0 Å². The topological polar surface area (TPSA) is 85.8 Å². The summed E-state index contributed by atoms with van der Waals surface area (Å²) >= 11 is 5.84. The van der Waals surface area contributed by atoms with Gasteiger partial charge < -0.3 is 20.9 Å². The Morgan fingerprint density at radius 3 is 2.41 bits per heavy atom. The predicted octanol–water partition coefficient (Wildman–Crippen LogP) is 3.10. The Hall–Kier alpha value is -1.55. The van der Waals surface area contributed by atoms with Crippen LogP contribution >= 0.6 is 35.6 Å². The van der Waals surface area contributed by atoms with Gasteiger partial charge in [-0.05, 0) is 49.4 Å². The molecule has 3 N–H and O–H groups in total. The quantitative estimate of drug-likeness (QED) is 0.217. The molecule has 7 nitrogen and oxygen atoms in total. The van der Waals surface area contributed by atoms with Crippen molar-refractivity contribution in [2.75, 3.05) is 39.0 Å². The van der Waals surface area contributed by atoms with Crippen molar-refractivity contribution in [3.05, 3.63) is 29.3 Å². The number of halogens is 2. The van der Waals surface area contributed by atoms with E-state index in [4.69, 9.17) is 11.6 Å². The van der Waals surface area contributed by atoms with Crippen LogP contribution in [0, 0.1) is 5.92 Å². The molecule has 0 bridgehead atoms. The predicted molar refractivity (Wildman–Crippen MR) is 129 cm³/mol. The first kappa shape index (κ1) is 25.5. The Morgan fingerprint density at radius 1 is 1.17 bits per heavy atom. The molecular weight excluding hydrogens is 505 g/mol. The zero-order valence-corrected chi connectivity index (χ0v) is 20.1. The average molecular weight is 536 g/mol. The first-order chi connectivity index (χ1) is 13.5. The summed E-state index contributed by atoms with van der Waals surface area (Å²) in [6, 6.07) is 7.07. The number of benzene rings is 1. The molecule has 0 aromatic heterocycles. The third kappa shape index (κ3) is 9.20. The summed E-state index contributed by atoms with van der Waals surface area (Å²) < 4.78 is 0. The number of nitrogens with zero attached hydrogens (tertiary/aromatic N) is 2. The molecule has 2 rings (SSSR count). The van der Waals surface area contributed by atoms with E-state index in [1.807, 2.05) is 0 Å². The summed E-state index contributed by atoms with van der Waals surface area (Å²) in [5.74, 6) is 1.38. The summed E-state index contributed by atoms with van der Waals surface area (Å²) in [4.78, 5) is 30.1. The molecular formula is C20H31ClIN5O2. The molecule has 1 heterocycles. The van der Waals surface area contributed by atoms with E-state index in [-0.39, 0.29) is 35.8 Å². The van der Waals surface area contributed by atoms with Crippen LogP contribution in [-0.4, -0.2) is 56.4 Å². The smallest absolute Gasteiger partial charge is 0.224 e. The maximum atomic E-state index is 12.0. The second-order valence-electron chi connectivity index (χ2n) is 6.94. The van der Waals surface area contributed by atoms with Crippen LogP contribution in [0.2, 0.25) is 5.02 Å². The van der Waals surface area contributed by atoms with Crippen LogP contribution < -0.4 is 16.0 Å². The van der Waals surface area contributed by atoms with Gasteiger partial charge in [0.2, 0.25) is 11.8 Å². The monoisotopic (exact) mass is 535 g/mol. The third-order valence-corrected chi connectivity index (χ3v) is 5.12. The van der Waals surface area contributed by atoms with Gasteiger partial charge in [-0.2, -0.15) is 0 Å². The molecule has 9 heteroatoms. The Labute approximate surface area is 195 Å². The lowest BCUT2D eigenvalue weighted by Gasteiger charge is -2.34. The lowest BCUT2D eigenvalue weighted by molar-refractivity contribution is -0.121. The minimum atomic E-state index is -0.0193. The summed E-state index contributed by atoms with van der Waals surface area (Å²) in [6.45, 7) is 2.45. The first-order valence-electron chi connectivity index (χ1n) is 9.73. The number of carbonyl (C=O) groups is 2. The molecule has 1 aliphatic heterocycles. The van der Waals surface area contributed by atoms with E-state index in [0.717, 1.165) is 37.6 Å². The highest BCUT2D eigenvalue weighted by molar-refractivity contribution is 14.0. The Morgan fingerprint density at radius 2 is 1.83 bits per heavy atom. The maximum absolute atomic E-state index is 12.0. The fourth-order valence-corrected chi connectivity index (χ4v) is 3.38. The van der Waals surface area contributed by atoms with Crippen molar-refractivity contribution in [2.45, 2.75) is 32.1 Å². The van der Waals surface area contributed by atoms with E-state index in [9.17, 15) is 9.59 Å². The van der Waals surface area contributed by atoms with Crippen LogP contribution in [0.4, 0.5) is 5.69 Å². The SMILES string of the molecule is CN=C(NCCCC(=O)Nc1ccc(Cl)cc1)N1CCC(CC(=O)NC)CC1.I. The Balaban J connectivity index is 0.00000420. The number of hydrogen-bond acceptors (Lipinski definition) is 3. The zero-order valence-electron chi connectivity index (χ0n) is 17.0. The van der Waals surface area contributed by atoms with Gasteiger partial charge >= 0.3 is 0 Å². The molecule has 1 aromatic carbocycles. The van der Waals surface area contributed by atoms with Crippen molar-refractivity contribution >= 4 is 59.0 Å². The minimum absolute atomic E-state index is 0. The molecule has 1 aromatic rings. The van der Waals surface area contributed by atoms with Crippen molar-refractivity contribution in [1.82, 2.24) is 15.5 Å². The molecule has 0 saturated carbocycles. The first-order valence-corrected chi connectivity index (χ1v) is 10.1. The van der Waals surface area contributed by atoms with Gasteiger partial charge in [0.1, 0.15) is 0 Å². The summed E-state index contributed by atoms with van der Waals surface area (Å²) in [6.07, 6.45) is 3.71. The number of anilines is 1. The fraction of sp³-hybridized carbons (Fsp3) is 0.550. The molecule has 29 heavy (non-hydrogen) atoms. The summed E-state index contributed by atoms with van der Waals surface area (Å²) in [5.41, 5.74) is 0.748. The molecule has 1 fully saturated rings. The van der Waals surface area contributed by atoms with E-state index in [2.05, 4.69) is 25.8 Å². The van der Waals surface area contributed by atoms with E-state index in [1.54, 1.807) is 38.4 Å². The highest BCUT2D eigenvalue weighted by Gasteiger charge is 2.22. The Kier molecular flexibility index (Phi) is 12.0. The summed E-state index contributed by atoms with van der Waals surface area (Å²) in [7, 11) is 3.45. The number of nitrogens with one attached hydrogen (secondary N) is 3. The lowest BCUT2D eigenvalue weighted by Crippen LogP contribution is -2.46. The van der Waals surface area contributed by atoms with Crippen molar-refractivity contribution in [3.63, 3.8) is 0 Å². The molecule has 1 saturated heterocycles. The average Bonchev–Trinajstić information content (AvgIpc) is 2.70. The van der Waals surface area contributed by atoms with Gasteiger partial charge in [-0.25, -0.2) is 0 Å². The number of hydrogen-bond donors (Lipinski definition) is 3. The normalized spacial score (nSPS) is 14.7. The molecule has 0 unspecified atom stereocenters. The van der Waals surface area contributed by atoms with Crippen molar-refractivity contribution in [3.8, 4) is 0 Å². The molecule has 0 atom stereocenters. The van der Waals surface area contributed by atoms with E-state index in [1.165, 1.54) is 0 Å². The van der Waals surface area contributed by atoms with Crippen LogP contribution in [0.3, 0.4) is 0 Å². The van der Waals surface area contributed by atoms with Crippen LogP contribution in [0.1, 0.15) is 32.1 Å². The number of aliphatic imine (C=N–C) groups is 1. The molecule has 0 spiro atoms. The number of rotatable bonds is 7. The second-order valence-corrected chi connectivity index (χ2v) is 7.38. The largest absolute Gasteiger partial charge is 0.359 e. The van der Waals surface area contributed by atoms with E-state index < -0.39 is 0 Å². The van der Waals surface area contributed by atoms with Gasteiger partial charge in [0.25, 0.3) is 0 Å². The van der Waals surface area contributed by atoms with E-state index >= 15 is 0 Å². The highest BCUT2D eigenvalue weighted by atomic mass is 127. The van der Waals surface area contributed by atoms with Gasteiger partial charge in [-0.1, -0.05) is 11.6 Å². The van der Waals surface area contributed by atoms with Crippen LogP contribution in [-0.2, 0) is 9.59 Å². The maximum Gasteiger partial charge on any atom is 0.224 e. The fourth-order valence-electron chi connectivity index (χ4n) is 3.25. The van der Waals surface area contributed by atoms with Crippen molar-refractivity contribution in [1.29, 1.82) is 0 Å². The number of amides is 2. The molecule has 1 aliphatic rings. The highest BCUT2D eigenvalue weighted by Crippen LogP contribution is 2.20. The standard InChI is InChI=1S/C20H30ClN5O2.HI/c1-22-19(28)14-15-9-12-26(13-10-15)20(23-2)24-11-3-4-18(27)25-17-7-5-16(21)6-8-17;/h5-8,15H,3-4,9-14H2,1-2H3,(H,22,28)(H,23,24)(H,25,27);1H. The van der Waals surface area contributed by atoms with Gasteiger partial charge in [0, 0.05) is 57.3 Å². The number of piperidine rings is 1. The van der Waals surface area contributed by atoms with E-state index in [0.29, 0.717) is 36.7 Å². The molecule has 0 aliphatic carbocycles. The zero-order chi connectivity index (χ0) is 20.4. The minimum Gasteiger partial charge on any atom is -0.359 e. The number of likely N-dealkylation sites (tertiary alicyclic amines) is 1. The van der Waals surface area contributed by atoms with Crippen molar-refractivity contribution < 1.29 is 9.59 Å². The molecule has 162 valence electrons. The van der Waals surface area contributed by atoms with Gasteiger partial charge in [0.15, 0.2) is 5.96 Å². The number of guanidine groups is 1. The lowest BCUT2D eigenvalue weighted by atomic mass is 9.93. The Bertz CT molecular complexity index is 676. The third-order valence-electron chi connectivity index (χ3n) is 4.87. The molecule has 0 radical (unpaired) electrons. The van der Waals surface area contributed by atoms with Crippen LogP contribution in [0.15, 0.2) is 29.3 Å².